The van der Waals surface area contributed by atoms with E-state index >= 15 is 0 Å². The molecule has 2 aromatic heterocycles. The average molecular weight is 272 g/mol. The Morgan fingerprint density at radius 3 is 3.16 bits per heavy atom. The molecule has 1 aromatic carbocycles. The van der Waals surface area contributed by atoms with Crippen LogP contribution in [-0.2, 0) is 6.42 Å². The number of fused-ring (bicyclic) bond motifs is 1. The van der Waals surface area contributed by atoms with Crippen molar-refractivity contribution in [3.63, 3.8) is 0 Å². The minimum atomic E-state index is -0.0677. The molecular formula is C14H12N2O2S. The number of aromatic nitrogens is 1. The Kier molecular flexibility index (Phi) is 3.29. The van der Waals surface area contributed by atoms with Crippen LogP contribution in [0.2, 0.25) is 0 Å². The zero-order valence-electron chi connectivity index (χ0n) is 10.1. The average Bonchev–Trinajstić information content (AvgIpc) is 3.08. The van der Waals surface area contributed by atoms with Gasteiger partial charge >= 0.3 is 0 Å². The summed E-state index contributed by atoms with van der Waals surface area (Å²) in [5.74, 6) is 0.806. The van der Waals surface area contributed by atoms with Crippen molar-refractivity contribution in [1.82, 2.24) is 10.3 Å². The van der Waals surface area contributed by atoms with Gasteiger partial charge in [-0.3, -0.25) is 4.79 Å². The van der Waals surface area contributed by atoms with E-state index in [1.54, 1.807) is 17.8 Å². The van der Waals surface area contributed by atoms with Gasteiger partial charge < -0.3 is 9.73 Å². The van der Waals surface area contributed by atoms with E-state index in [1.807, 2.05) is 24.3 Å². The molecular weight excluding hydrogens is 260 g/mol. The number of carbonyl (C=O) groups excluding carboxylic acids is 1. The topological polar surface area (TPSA) is 55.1 Å². The highest BCUT2D eigenvalue weighted by atomic mass is 32.1. The molecule has 1 amide bonds. The summed E-state index contributed by atoms with van der Waals surface area (Å²) in [5, 5.41) is 2.88. The second-order valence-electron chi connectivity index (χ2n) is 4.12. The lowest BCUT2D eigenvalue weighted by atomic mass is 10.2. The van der Waals surface area contributed by atoms with E-state index in [1.165, 1.54) is 11.3 Å². The van der Waals surface area contributed by atoms with E-state index in [2.05, 4.69) is 10.3 Å². The molecule has 0 aliphatic carbocycles. The number of furan rings is 1. The molecule has 0 spiro atoms. The fourth-order valence-corrected chi connectivity index (χ4v) is 2.57. The molecule has 0 fully saturated rings. The highest BCUT2D eigenvalue weighted by molar-refractivity contribution is 7.16. The molecule has 19 heavy (non-hydrogen) atoms. The van der Waals surface area contributed by atoms with Crippen LogP contribution in [0.1, 0.15) is 16.1 Å². The summed E-state index contributed by atoms with van der Waals surface area (Å²) in [4.78, 5) is 16.2. The first-order chi connectivity index (χ1) is 9.33. The first-order valence-corrected chi connectivity index (χ1v) is 6.85. The molecule has 5 heteroatoms. The zero-order chi connectivity index (χ0) is 13.1. The molecule has 2 heterocycles. The van der Waals surface area contributed by atoms with Crippen LogP contribution in [0.3, 0.4) is 0 Å². The molecule has 0 atom stereocenters. The number of hydrogen-bond acceptors (Lipinski definition) is 4. The summed E-state index contributed by atoms with van der Waals surface area (Å²) in [6.45, 7) is 0.563. The van der Waals surface area contributed by atoms with Gasteiger partial charge in [-0.05, 0) is 30.3 Å². The van der Waals surface area contributed by atoms with Gasteiger partial charge in [0.2, 0.25) is 0 Å². The maximum atomic E-state index is 12.0. The van der Waals surface area contributed by atoms with Gasteiger partial charge in [-0.1, -0.05) is 0 Å². The van der Waals surface area contributed by atoms with Crippen molar-refractivity contribution in [2.24, 2.45) is 0 Å². The predicted molar refractivity (Wildman–Crippen MR) is 74.4 cm³/mol. The minimum Gasteiger partial charge on any atom is -0.469 e. The molecule has 4 nitrogen and oxygen atoms in total. The third-order valence-electron chi connectivity index (χ3n) is 2.83. The molecule has 0 saturated heterocycles. The minimum absolute atomic E-state index is 0.0677. The van der Waals surface area contributed by atoms with Crippen LogP contribution in [0.5, 0.6) is 0 Å². The van der Waals surface area contributed by atoms with Crippen molar-refractivity contribution >= 4 is 27.5 Å². The van der Waals surface area contributed by atoms with Crippen LogP contribution in [-0.4, -0.2) is 17.4 Å². The van der Waals surface area contributed by atoms with Crippen molar-refractivity contribution in [3.8, 4) is 0 Å². The summed E-state index contributed by atoms with van der Waals surface area (Å²) >= 11 is 1.53. The van der Waals surface area contributed by atoms with Crippen LogP contribution in [0.4, 0.5) is 0 Å². The molecule has 0 saturated carbocycles. The van der Waals surface area contributed by atoms with E-state index in [0.29, 0.717) is 18.5 Å². The third kappa shape index (κ3) is 2.66. The summed E-state index contributed by atoms with van der Waals surface area (Å²) in [7, 11) is 0. The number of thiazole rings is 1. The quantitative estimate of drug-likeness (QED) is 0.794. The van der Waals surface area contributed by atoms with Gasteiger partial charge in [0.15, 0.2) is 0 Å². The molecule has 96 valence electrons. The molecule has 3 aromatic rings. The van der Waals surface area contributed by atoms with Crippen molar-refractivity contribution in [2.75, 3.05) is 6.54 Å². The Hall–Kier alpha value is -2.14. The number of hydrogen-bond donors (Lipinski definition) is 1. The summed E-state index contributed by atoms with van der Waals surface area (Å²) in [5.41, 5.74) is 3.37. The van der Waals surface area contributed by atoms with E-state index in [-0.39, 0.29) is 5.91 Å². The number of nitrogens with zero attached hydrogens (tertiary/aromatic N) is 1. The van der Waals surface area contributed by atoms with Crippen molar-refractivity contribution in [2.45, 2.75) is 6.42 Å². The van der Waals surface area contributed by atoms with Gasteiger partial charge in [0, 0.05) is 18.5 Å². The number of rotatable bonds is 4. The van der Waals surface area contributed by atoms with E-state index in [9.17, 15) is 4.79 Å². The smallest absolute Gasteiger partial charge is 0.251 e. The van der Waals surface area contributed by atoms with Crippen molar-refractivity contribution in [3.05, 3.63) is 53.4 Å². The van der Waals surface area contributed by atoms with E-state index < -0.39 is 0 Å². The standard InChI is InChI=1S/C14H12N2O2S/c17-14(15-6-5-11-2-1-7-18-11)10-3-4-12-13(8-10)19-9-16-12/h1-4,7-9H,5-6H2,(H,15,17). The SMILES string of the molecule is O=C(NCCc1ccco1)c1ccc2ncsc2c1. The lowest BCUT2D eigenvalue weighted by Gasteiger charge is -2.04. The van der Waals surface area contributed by atoms with Crippen LogP contribution in [0.25, 0.3) is 10.2 Å². The van der Waals surface area contributed by atoms with Gasteiger partial charge in [0.05, 0.1) is 22.0 Å². The molecule has 0 bridgehead atoms. The van der Waals surface area contributed by atoms with Crippen LogP contribution < -0.4 is 5.32 Å². The third-order valence-corrected chi connectivity index (χ3v) is 3.62. The lowest BCUT2D eigenvalue weighted by Crippen LogP contribution is -2.25. The summed E-state index contributed by atoms with van der Waals surface area (Å²) in [6.07, 6.45) is 2.33. The lowest BCUT2D eigenvalue weighted by molar-refractivity contribution is 0.0954. The fourth-order valence-electron chi connectivity index (χ4n) is 1.85. The first-order valence-electron chi connectivity index (χ1n) is 5.97. The molecule has 0 unspecified atom stereocenters. The predicted octanol–water partition coefficient (Wildman–Crippen LogP) is 2.86. The summed E-state index contributed by atoms with van der Waals surface area (Å²) < 4.78 is 6.24. The van der Waals surface area contributed by atoms with E-state index in [0.717, 1.165) is 16.0 Å². The second kappa shape index (κ2) is 5.24. The Balaban J connectivity index is 1.63. The van der Waals surface area contributed by atoms with Gasteiger partial charge in [-0.2, -0.15) is 0 Å². The van der Waals surface area contributed by atoms with Gasteiger partial charge in [0.1, 0.15) is 5.76 Å². The van der Waals surface area contributed by atoms with Gasteiger partial charge in [-0.25, -0.2) is 4.98 Å². The number of benzene rings is 1. The second-order valence-corrected chi connectivity index (χ2v) is 5.01. The maximum absolute atomic E-state index is 12.0. The highest BCUT2D eigenvalue weighted by Gasteiger charge is 2.07. The Labute approximate surface area is 114 Å². The van der Waals surface area contributed by atoms with Crippen molar-refractivity contribution in [1.29, 1.82) is 0 Å². The number of amides is 1. The molecule has 0 aliphatic rings. The fraction of sp³-hybridized carbons (Fsp3) is 0.143. The normalized spacial score (nSPS) is 10.7. The van der Waals surface area contributed by atoms with Crippen LogP contribution in [0, 0.1) is 0 Å². The monoisotopic (exact) mass is 272 g/mol. The van der Waals surface area contributed by atoms with Gasteiger partial charge in [0.25, 0.3) is 5.91 Å². The summed E-state index contributed by atoms with van der Waals surface area (Å²) in [6, 6.07) is 9.27. The molecule has 0 aliphatic heterocycles. The molecule has 3 rings (SSSR count). The maximum Gasteiger partial charge on any atom is 0.251 e. The molecule has 0 radical (unpaired) electrons. The largest absolute Gasteiger partial charge is 0.469 e. The molecule has 1 N–H and O–H groups in total. The van der Waals surface area contributed by atoms with E-state index in [4.69, 9.17) is 4.42 Å². The highest BCUT2D eigenvalue weighted by Crippen LogP contribution is 2.18. The van der Waals surface area contributed by atoms with Crippen LogP contribution in [0.15, 0.2) is 46.5 Å². The van der Waals surface area contributed by atoms with Crippen molar-refractivity contribution < 1.29 is 9.21 Å². The first kappa shape index (κ1) is 11.9. The Morgan fingerprint density at radius 1 is 1.37 bits per heavy atom. The number of carbonyl (C=O) groups is 1. The number of nitrogens with one attached hydrogen (secondary N) is 1. The van der Waals surface area contributed by atoms with Crippen LogP contribution >= 0.6 is 11.3 Å². The van der Waals surface area contributed by atoms with Gasteiger partial charge in [-0.15, -0.1) is 11.3 Å². The Morgan fingerprint density at radius 2 is 2.32 bits per heavy atom. The zero-order valence-corrected chi connectivity index (χ0v) is 10.9. The Bertz CT molecular complexity index is 688.